The van der Waals surface area contributed by atoms with Crippen LogP contribution in [0.15, 0.2) is 54.9 Å². The quantitative estimate of drug-likeness (QED) is 0.808. The predicted octanol–water partition coefficient (Wildman–Crippen LogP) is 2.78. The lowest BCUT2D eigenvalue weighted by Gasteiger charge is -2.23. The number of nitrogens with zero attached hydrogens (tertiary/aromatic N) is 3. The van der Waals surface area contributed by atoms with Crippen molar-refractivity contribution in [2.24, 2.45) is 0 Å². The number of rotatable bonds is 3. The number of pyridine rings is 1. The van der Waals surface area contributed by atoms with Crippen molar-refractivity contribution < 1.29 is 9.50 Å². The highest BCUT2D eigenvalue weighted by Gasteiger charge is 2.32. The van der Waals surface area contributed by atoms with E-state index < -0.39 is 0 Å². The highest BCUT2D eigenvalue weighted by atomic mass is 19.1. The van der Waals surface area contributed by atoms with Gasteiger partial charge in [0.2, 0.25) is 0 Å². The molecule has 1 aromatic carbocycles. The van der Waals surface area contributed by atoms with Gasteiger partial charge in [-0.3, -0.25) is 4.90 Å². The van der Waals surface area contributed by atoms with Crippen molar-refractivity contribution in [2.45, 2.75) is 25.1 Å². The van der Waals surface area contributed by atoms with Gasteiger partial charge in [0.05, 0.1) is 11.8 Å². The third-order valence-electron chi connectivity index (χ3n) is 4.42. The average molecular weight is 311 g/mol. The summed E-state index contributed by atoms with van der Waals surface area (Å²) < 4.78 is 15.1. The number of aromatic nitrogens is 2. The predicted molar refractivity (Wildman–Crippen MR) is 85.4 cm³/mol. The summed E-state index contributed by atoms with van der Waals surface area (Å²) in [4.78, 5) is 6.83. The van der Waals surface area contributed by atoms with Crippen LogP contribution in [0, 0.1) is 5.82 Å². The molecule has 0 radical (unpaired) electrons. The maximum absolute atomic E-state index is 13.1. The summed E-state index contributed by atoms with van der Waals surface area (Å²) in [5.74, 6) is -0.237. The minimum Gasteiger partial charge on any atom is -0.392 e. The molecule has 2 aromatic heterocycles. The van der Waals surface area contributed by atoms with Crippen LogP contribution in [0.4, 0.5) is 4.39 Å². The van der Waals surface area contributed by atoms with Crippen LogP contribution in [0.5, 0.6) is 0 Å². The summed E-state index contributed by atoms with van der Waals surface area (Å²) in [5, 5.41) is 10.1. The molecular formula is C18H18FN3O. The average Bonchev–Trinajstić information content (AvgIpc) is 3.11. The number of β-amino-alcohol motifs (C(OH)–C–C–N with tert-alkyl or cyclic N) is 1. The molecular weight excluding hydrogens is 293 g/mol. The number of hydrogen-bond donors (Lipinski definition) is 1. The number of likely N-dealkylation sites (tertiary alicyclic amines) is 1. The molecule has 3 aromatic rings. The van der Waals surface area contributed by atoms with Crippen LogP contribution < -0.4 is 0 Å². The van der Waals surface area contributed by atoms with Crippen LogP contribution in [0.25, 0.3) is 5.65 Å². The number of fused-ring (bicyclic) bond motifs is 1. The van der Waals surface area contributed by atoms with Crippen LogP contribution in [-0.2, 0) is 6.54 Å². The second kappa shape index (κ2) is 5.76. The van der Waals surface area contributed by atoms with Gasteiger partial charge in [-0.15, -0.1) is 0 Å². The Balaban J connectivity index is 1.59. The molecule has 4 nitrogen and oxygen atoms in total. The van der Waals surface area contributed by atoms with E-state index in [-0.39, 0.29) is 18.0 Å². The van der Waals surface area contributed by atoms with Crippen molar-refractivity contribution in [1.29, 1.82) is 0 Å². The van der Waals surface area contributed by atoms with Crippen LogP contribution in [0.1, 0.15) is 23.7 Å². The Labute approximate surface area is 133 Å². The Morgan fingerprint density at radius 1 is 1.17 bits per heavy atom. The van der Waals surface area contributed by atoms with E-state index in [1.165, 1.54) is 12.1 Å². The molecule has 3 heterocycles. The Hall–Kier alpha value is -2.24. The third kappa shape index (κ3) is 2.85. The summed E-state index contributed by atoms with van der Waals surface area (Å²) >= 11 is 0. The summed E-state index contributed by atoms with van der Waals surface area (Å²) in [5.41, 5.74) is 2.92. The monoisotopic (exact) mass is 311 g/mol. The molecule has 0 saturated carbocycles. The number of benzene rings is 1. The van der Waals surface area contributed by atoms with Crippen molar-refractivity contribution in [2.75, 3.05) is 6.54 Å². The van der Waals surface area contributed by atoms with Gasteiger partial charge in [-0.05, 0) is 36.2 Å². The zero-order chi connectivity index (χ0) is 15.8. The fraction of sp³-hybridized carbons (Fsp3) is 0.278. The smallest absolute Gasteiger partial charge is 0.137 e. The first-order valence-corrected chi connectivity index (χ1v) is 7.79. The van der Waals surface area contributed by atoms with Gasteiger partial charge < -0.3 is 9.51 Å². The van der Waals surface area contributed by atoms with Gasteiger partial charge in [-0.1, -0.05) is 18.2 Å². The zero-order valence-electron chi connectivity index (χ0n) is 12.6. The topological polar surface area (TPSA) is 40.8 Å². The lowest BCUT2D eigenvalue weighted by atomic mass is 10.0. The van der Waals surface area contributed by atoms with Gasteiger partial charge in [0.25, 0.3) is 0 Å². The van der Waals surface area contributed by atoms with Gasteiger partial charge in [0, 0.05) is 31.5 Å². The SMILES string of the molecule is O[C@H]1C[C@@H](c2ccc(F)cc2)N(Cc2cn3ccccc3n2)C1. The van der Waals surface area contributed by atoms with Crippen LogP contribution in [0.2, 0.25) is 0 Å². The normalized spacial score (nSPS) is 22.0. The molecule has 0 aliphatic carbocycles. The molecule has 0 spiro atoms. The van der Waals surface area contributed by atoms with Gasteiger partial charge >= 0.3 is 0 Å². The standard InChI is InChI=1S/C18H18FN3O/c19-14-6-4-13(5-7-14)17-9-16(23)12-22(17)11-15-10-21-8-2-1-3-18(21)20-15/h1-8,10,16-17,23H,9,11-12H2/t16-,17-/m0/s1. The van der Waals surface area contributed by atoms with Crippen molar-refractivity contribution in [3.63, 3.8) is 0 Å². The number of aliphatic hydroxyl groups excluding tert-OH is 1. The Morgan fingerprint density at radius 2 is 2.00 bits per heavy atom. The van der Waals surface area contributed by atoms with Crippen LogP contribution in [0.3, 0.4) is 0 Å². The van der Waals surface area contributed by atoms with Crippen molar-refractivity contribution in [1.82, 2.24) is 14.3 Å². The Bertz CT molecular complexity index is 782. The van der Waals surface area contributed by atoms with E-state index >= 15 is 0 Å². The van der Waals surface area contributed by atoms with E-state index in [4.69, 9.17) is 0 Å². The van der Waals surface area contributed by atoms with E-state index in [0.29, 0.717) is 19.5 Å². The fourth-order valence-corrected chi connectivity index (χ4v) is 3.36. The summed E-state index contributed by atoms with van der Waals surface area (Å²) in [6.07, 6.45) is 4.30. The largest absolute Gasteiger partial charge is 0.392 e. The molecule has 1 aliphatic heterocycles. The minimum absolute atomic E-state index is 0.0930. The van der Waals surface area contributed by atoms with Gasteiger partial charge in [0.15, 0.2) is 0 Å². The van der Waals surface area contributed by atoms with Gasteiger partial charge in [-0.2, -0.15) is 0 Å². The summed E-state index contributed by atoms with van der Waals surface area (Å²) in [6.45, 7) is 1.27. The molecule has 1 fully saturated rings. The maximum atomic E-state index is 13.1. The molecule has 0 amide bonds. The number of halogens is 1. The molecule has 4 rings (SSSR count). The van der Waals surface area contributed by atoms with E-state index in [1.807, 2.05) is 35.0 Å². The van der Waals surface area contributed by atoms with Crippen molar-refractivity contribution in [3.05, 3.63) is 71.9 Å². The van der Waals surface area contributed by atoms with E-state index in [2.05, 4.69) is 9.88 Å². The number of hydrogen-bond acceptors (Lipinski definition) is 3. The number of aliphatic hydroxyl groups is 1. The van der Waals surface area contributed by atoms with E-state index in [9.17, 15) is 9.50 Å². The van der Waals surface area contributed by atoms with Crippen LogP contribution in [-0.4, -0.2) is 32.0 Å². The Morgan fingerprint density at radius 3 is 2.78 bits per heavy atom. The molecule has 0 unspecified atom stereocenters. The second-order valence-corrected chi connectivity index (χ2v) is 6.08. The Kier molecular flexibility index (Phi) is 3.59. The second-order valence-electron chi connectivity index (χ2n) is 6.08. The maximum Gasteiger partial charge on any atom is 0.137 e. The molecule has 1 saturated heterocycles. The first-order chi connectivity index (χ1) is 11.2. The fourth-order valence-electron chi connectivity index (χ4n) is 3.36. The summed E-state index contributed by atoms with van der Waals surface area (Å²) in [6, 6.07) is 12.6. The highest BCUT2D eigenvalue weighted by Crippen LogP contribution is 2.33. The van der Waals surface area contributed by atoms with Crippen molar-refractivity contribution in [3.8, 4) is 0 Å². The molecule has 0 bridgehead atoms. The summed E-state index contributed by atoms with van der Waals surface area (Å²) in [7, 11) is 0. The first kappa shape index (κ1) is 14.4. The lowest BCUT2D eigenvalue weighted by molar-refractivity contribution is 0.172. The molecule has 118 valence electrons. The molecule has 1 aliphatic rings. The van der Waals surface area contributed by atoms with Crippen molar-refractivity contribution >= 4 is 5.65 Å². The lowest BCUT2D eigenvalue weighted by Crippen LogP contribution is -2.24. The minimum atomic E-state index is -0.359. The third-order valence-corrected chi connectivity index (χ3v) is 4.42. The van der Waals surface area contributed by atoms with E-state index in [0.717, 1.165) is 16.9 Å². The van der Waals surface area contributed by atoms with Crippen LogP contribution >= 0.6 is 0 Å². The molecule has 23 heavy (non-hydrogen) atoms. The number of imidazole rings is 1. The zero-order valence-corrected chi connectivity index (χ0v) is 12.6. The molecule has 2 atom stereocenters. The molecule has 1 N–H and O–H groups in total. The highest BCUT2D eigenvalue weighted by molar-refractivity contribution is 5.39. The van der Waals surface area contributed by atoms with Gasteiger partial charge in [-0.25, -0.2) is 9.37 Å². The molecule has 5 heteroatoms. The van der Waals surface area contributed by atoms with E-state index in [1.54, 1.807) is 12.1 Å². The first-order valence-electron chi connectivity index (χ1n) is 7.79. The van der Waals surface area contributed by atoms with Gasteiger partial charge in [0.1, 0.15) is 11.5 Å².